The van der Waals surface area contributed by atoms with Crippen molar-refractivity contribution >= 4 is 17.2 Å². The number of hydrogen-bond donors (Lipinski definition) is 1. The molecule has 1 aliphatic heterocycles. The highest BCUT2D eigenvalue weighted by Crippen LogP contribution is 2.52. The van der Waals surface area contributed by atoms with E-state index in [0.29, 0.717) is 12.3 Å². The Morgan fingerprint density at radius 3 is 2.76 bits per heavy atom. The summed E-state index contributed by atoms with van der Waals surface area (Å²) in [4.78, 5) is 16.0. The van der Waals surface area contributed by atoms with E-state index in [4.69, 9.17) is 0 Å². The number of hydrogen-bond acceptors (Lipinski definition) is 3. The van der Waals surface area contributed by atoms with E-state index in [1.165, 1.54) is 28.8 Å². The molecule has 132 valence electrons. The molecule has 4 rings (SSSR count). The van der Waals surface area contributed by atoms with Crippen LogP contribution in [0.25, 0.3) is 0 Å². The predicted octanol–water partition coefficient (Wildman–Crippen LogP) is 3.91. The molecule has 1 atom stereocenters. The summed E-state index contributed by atoms with van der Waals surface area (Å²) in [7, 11) is 1.74. The number of fused-ring (bicyclic) bond motifs is 2. The number of nitrogens with zero attached hydrogens (tertiary/aromatic N) is 1. The fourth-order valence-corrected chi connectivity index (χ4v) is 5.52. The standard InChI is InChI=1S/C21H26N2OS/c1-22-20(24)13-16-14-21(19-7-3-2-6-18(16)19)8-10-23(11-9-21)15-17-5-4-12-25-17/h2-7,12,16H,8-11,13-15H2,1H3,(H,22,24). The molecule has 25 heavy (non-hydrogen) atoms. The summed E-state index contributed by atoms with van der Waals surface area (Å²) < 4.78 is 0. The number of likely N-dealkylation sites (tertiary alicyclic amines) is 1. The van der Waals surface area contributed by atoms with Crippen molar-refractivity contribution in [2.45, 2.75) is 43.6 Å². The number of nitrogens with one attached hydrogen (secondary N) is 1. The van der Waals surface area contributed by atoms with Crippen molar-refractivity contribution in [3.8, 4) is 0 Å². The van der Waals surface area contributed by atoms with Gasteiger partial charge in [0.1, 0.15) is 0 Å². The Morgan fingerprint density at radius 1 is 1.24 bits per heavy atom. The second-order valence-corrected chi connectivity index (χ2v) is 8.53. The van der Waals surface area contributed by atoms with E-state index >= 15 is 0 Å². The van der Waals surface area contributed by atoms with E-state index in [-0.39, 0.29) is 11.3 Å². The highest BCUT2D eigenvalue weighted by molar-refractivity contribution is 7.09. The van der Waals surface area contributed by atoms with Crippen LogP contribution in [0.15, 0.2) is 41.8 Å². The van der Waals surface area contributed by atoms with Gasteiger partial charge in [-0.15, -0.1) is 11.3 Å². The van der Waals surface area contributed by atoms with E-state index in [2.05, 4.69) is 52.0 Å². The number of carbonyl (C=O) groups excluding carboxylic acids is 1. The number of rotatable bonds is 4. The van der Waals surface area contributed by atoms with Crippen LogP contribution in [0.1, 0.15) is 47.6 Å². The van der Waals surface area contributed by atoms with Gasteiger partial charge in [-0.3, -0.25) is 9.69 Å². The average Bonchev–Trinajstić information content (AvgIpc) is 3.25. The average molecular weight is 355 g/mol. The van der Waals surface area contributed by atoms with Crippen molar-refractivity contribution in [3.05, 3.63) is 57.8 Å². The Bertz CT molecular complexity index is 732. The van der Waals surface area contributed by atoms with Crippen molar-refractivity contribution in [2.24, 2.45) is 0 Å². The van der Waals surface area contributed by atoms with Crippen LogP contribution in [0.3, 0.4) is 0 Å². The number of thiophene rings is 1. The summed E-state index contributed by atoms with van der Waals surface area (Å²) in [5.41, 5.74) is 3.21. The highest BCUT2D eigenvalue weighted by Gasteiger charge is 2.45. The number of benzene rings is 1. The van der Waals surface area contributed by atoms with Crippen LogP contribution in [0.2, 0.25) is 0 Å². The molecule has 2 aromatic rings. The fraction of sp³-hybridized carbons (Fsp3) is 0.476. The first-order valence-corrected chi connectivity index (χ1v) is 10.1. The van der Waals surface area contributed by atoms with Crippen LogP contribution >= 0.6 is 11.3 Å². The van der Waals surface area contributed by atoms with Gasteiger partial charge in [0, 0.05) is 24.9 Å². The Hall–Kier alpha value is -1.65. The van der Waals surface area contributed by atoms with Crippen LogP contribution in [-0.2, 0) is 16.8 Å². The predicted molar refractivity (Wildman–Crippen MR) is 103 cm³/mol. The van der Waals surface area contributed by atoms with Crippen molar-refractivity contribution < 1.29 is 4.79 Å². The maximum Gasteiger partial charge on any atom is 0.220 e. The molecule has 0 saturated carbocycles. The van der Waals surface area contributed by atoms with Crippen LogP contribution in [0, 0.1) is 0 Å². The zero-order valence-electron chi connectivity index (χ0n) is 14.8. The van der Waals surface area contributed by atoms with Gasteiger partial charge in [0.25, 0.3) is 0 Å². The molecule has 1 N–H and O–H groups in total. The molecular formula is C21H26N2OS. The molecule has 0 bridgehead atoms. The van der Waals surface area contributed by atoms with Crippen LogP contribution in [0.4, 0.5) is 0 Å². The van der Waals surface area contributed by atoms with Crippen LogP contribution in [-0.4, -0.2) is 30.9 Å². The normalized spacial score (nSPS) is 22.0. The number of carbonyl (C=O) groups is 1. The Morgan fingerprint density at radius 2 is 2.04 bits per heavy atom. The zero-order chi connectivity index (χ0) is 17.3. The molecule has 1 saturated heterocycles. The summed E-state index contributed by atoms with van der Waals surface area (Å²) >= 11 is 1.85. The molecule has 1 unspecified atom stereocenters. The lowest BCUT2D eigenvalue weighted by molar-refractivity contribution is -0.121. The number of amides is 1. The maximum atomic E-state index is 12.0. The lowest BCUT2D eigenvalue weighted by Gasteiger charge is -2.40. The first kappa shape index (κ1) is 16.8. The SMILES string of the molecule is CNC(=O)CC1CC2(CCN(Cc3cccs3)CC2)c2ccccc21. The molecule has 0 radical (unpaired) electrons. The molecule has 1 aromatic carbocycles. The quantitative estimate of drug-likeness (QED) is 0.903. The first-order chi connectivity index (χ1) is 12.2. The van der Waals surface area contributed by atoms with Crippen LogP contribution in [0.5, 0.6) is 0 Å². The van der Waals surface area contributed by atoms with Gasteiger partial charge in [-0.25, -0.2) is 0 Å². The summed E-state index contributed by atoms with van der Waals surface area (Å²) in [5, 5.41) is 4.96. The third-order valence-corrected chi connectivity index (χ3v) is 6.95. The largest absolute Gasteiger partial charge is 0.359 e. The lowest BCUT2D eigenvalue weighted by atomic mass is 9.73. The summed E-state index contributed by atoms with van der Waals surface area (Å²) in [5.74, 6) is 0.534. The molecule has 1 amide bonds. The van der Waals surface area contributed by atoms with E-state index in [0.717, 1.165) is 26.1 Å². The van der Waals surface area contributed by atoms with E-state index in [9.17, 15) is 4.79 Å². The van der Waals surface area contributed by atoms with E-state index in [1.807, 2.05) is 11.3 Å². The van der Waals surface area contributed by atoms with E-state index < -0.39 is 0 Å². The minimum atomic E-state index is 0.159. The van der Waals surface area contributed by atoms with Crippen molar-refractivity contribution in [1.29, 1.82) is 0 Å². The smallest absolute Gasteiger partial charge is 0.220 e. The Kier molecular flexibility index (Phi) is 4.65. The van der Waals surface area contributed by atoms with E-state index in [1.54, 1.807) is 7.05 Å². The van der Waals surface area contributed by atoms with Gasteiger partial charge in [-0.2, -0.15) is 0 Å². The molecule has 1 spiro atoms. The first-order valence-electron chi connectivity index (χ1n) is 9.25. The lowest BCUT2D eigenvalue weighted by Crippen LogP contribution is -2.41. The van der Waals surface area contributed by atoms with Crippen LogP contribution < -0.4 is 5.32 Å². The Labute approximate surface area is 154 Å². The van der Waals surface area contributed by atoms with Crippen molar-refractivity contribution in [1.82, 2.24) is 10.2 Å². The molecule has 2 aliphatic rings. The minimum Gasteiger partial charge on any atom is -0.359 e. The molecule has 3 nitrogen and oxygen atoms in total. The van der Waals surface area contributed by atoms with Gasteiger partial charge in [0.2, 0.25) is 5.91 Å². The van der Waals surface area contributed by atoms with Gasteiger partial charge in [-0.05, 0) is 66.3 Å². The van der Waals surface area contributed by atoms with Gasteiger partial charge in [-0.1, -0.05) is 30.3 Å². The molecule has 1 aliphatic carbocycles. The number of piperidine rings is 1. The van der Waals surface area contributed by atoms with Crippen molar-refractivity contribution in [3.63, 3.8) is 0 Å². The summed E-state index contributed by atoms with van der Waals surface area (Å²) in [6.07, 6.45) is 4.17. The molecule has 4 heteroatoms. The van der Waals surface area contributed by atoms with Gasteiger partial charge >= 0.3 is 0 Å². The molecule has 1 fully saturated rings. The fourth-order valence-electron chi connectivity index (χ4n) is 4.77. The third kappa shape index (κ3) is 3.25. The third-order valence-electron chi connectivity index (χ3n) is 6.09. The summed E-state index contributed by atoms with van der Waals surface area (Å²) in [6.45, 7) is 3.38. The second-order valence-electron chi connectivity index (χ2n) is 7.50. The maximum absolute atomic E-state index is 12.0. The van der Waals surface area contributed by atoms with Crippen molar-refractivity contribution in [2.75, 3.05) is 20.1 Å². The zero-order valence-corrected chi connectivity index (χ0v) is 15.6. The Balaban J connectivity index is 1.50. The van der Waals surface area contributed by atoms with Gasteiger partial charge in [0.05, 0.1) is 0 Å². The van der Waals surface area contributed by atoms with Gasteiger partial charge in [0.15, 0.2) is 0 Å². The second kappa shape index (κ2) is 6.93. The summed E-state index contributed by atoms with van der Waals surface area (Å²) in [6, 6.07) is 13.2. The monoisotopic (exact) mass is 354 g/mol. The minimum absolute atomic E-state index is 0.159. The molecule has 1 aromatic heterocycles. The topological polar surface area (TPSA) is 32.3 Å². The van der Waals surface area contributed by atoms with Gasteiger partial charge < -0.3 is 5.32 Å². The molecule has 2 heterocycles. The highest BCUT2D eigenvalue weighted by atomic mass is 32.1. The molecular weight excluding hydrogens is 328 g/mol.